The molecule has 4 aromatic carbocycles. The Kier molecular flexibility index (Phi) is 19.2. The Morgan fingerprint density at radius 2 is 1.59 bits per heavy atom. The van der Waals surface area contributed by atoms with E-state index in [1.807, 2.05) is 26.0 Å². The van der Waals surface area contributed by atoms with Gasteiger partial charge in [0, 0.05) is 81.0 Å². The molecule has 4 aliphatic rings. The van der Waals surface area contributed by atoms with Crippen molar-refractivity contribution in [3.63, 3.8) is 0 Å². The summed E-state index contributed by atoms with van der Waals surface area (Å²) in [5.74, 6) is -0.345. The first-order valence-corrected chi connectivity index (χ1v) is 27.1. The Hall–Kier alpha value is -5.38. The van der Waals surface area contributed by atoms with Crippen molar-refractivity contribution in [2.75, 3.05) is 124 Å². The summed E-state index contributed by atoms with van der Waals surface area (Å²) in [6.45, 7) is 13.4. The zero-order valence-electron chi connectivity index (χ0n) is 43.2. The topological polar surface area (TPSA) is 156 Å². The Morgan fingerprint density at radius 3 is 2.33 bits per heavy atom. The molecule has 406 valence electrons. The number of rotatable bonds is 19. The number of aromatic nitrogens is 2. The predicted molar refractivity (Wildman–Crippen MR) is 291 cm³/mol. The lowest BCUT2D eigenvalue weighted by Gasteiger charge is -2.35. The fourth-order valence-corrected chi connectivity index (χ4v) is 11.2. The van der Waals surface area contributed by atoms with E-state index < -0.39 is 24.0 Å². The maximum absolute atomic E-state index is 14.4. The summed E-state index contributed by atoms with van der Waals surface area (Å²) in [5.41, 5.74) is 5.74. The van der Waals surface area contributed by atoms with Crippen molar-refractivity contribution < 1.29 is 56.9 Å². The molecule has 3 atom stereocenters. The molecule has 0 radical (unpaired) electrons. The number of hydrogen-bond donors (Lipinski definition) is 1. The molecule has 0 aliphatic carbocycles. The minimum atomic E-state index is -1.46. The van der Waals surface area contributed by atoms with Crippen molar-refractivity contribution in [1.29, 1.82) is 0 Å². The van der Waals surface area contributed by atoms with Crippen LogP contribution in [-0.2, 0) is 41.5 Å². The van der Waals surface area contributed by atoms with Crippen LogP contribution in [-0.4, -0.2) is 169 Å². The summed E-state index contributed by atoms with van der Waals surface area (Å²) >= 11 is 16.1. The summed E-state index contributed by atoms with van der Waals surface area (Å²) in [4.78, 5) is 30.8. The third kappa shape index (κ3) is 13.6. The molecule has 0 saturated carbocycles. The average molecular weight is 1110 g/mol. The monoisotopic (exact) mass is 1100 g/mol. The van der Waals surface area contributed by atoms with Gasteiger partial charge in [0.25, 0.3) is 0 Å². The summed E-state index contributed by atoms with van der Waals surface area (Å²) in [6, 6.07) is 19.7. The molecule has 0 unspecified atom stereocenters. The highest BCUT2D eigenvalue weighted by atomic mass is 35.5. The van der Waals surface area contributed by atoms with Crippen LogP contribution in [0, 0.1) is 19.7 Å². The molecule has 2 saturated heterocycles. The smallest absolute Gasteiger partial charge is 0.345 e. The van der Waals surface area contributed by atoms with Gasteiger partial charge in [-0.05, 0) is 91.2 Å². The van der Waals surface area contributed by atoms with Crippen molar-refractivity contribution in [3.05, 3.63) is 111 Å². The second-order valence-corrected chi connectivity index (χ2v) is 20.8. The number of benzene rings is 4. The maximum atomic E-state index is 14.4. The molecule has 0 amide bonds. The van der Waals surface area contributed by atoms with Gasteiger partial charge in [-0.25, -0.2) is 19.2 Å². The fourth-order valence-electron chi connectivity index (χ4n) is 9.57. The van der Waals surface area contributed by atoms with Gasteiger partial charge in [-0.1, -0.05) is 47.5 Å². The van der Waals surface area contributed by atoms with Gasteiger partial charge in [0.15, 0.2) is 5.75 Å². The number of anilines is 1. The van der Waals surface area contributed by atoms with Crippen molar-refractivity contribution >= 4 is 56.4 Å². The van der Waals surface area contributed by atoms with E-state index in [2.05, 4.69) is 43.8 Å². The van der Waals surface area contributed by atoms with Gasteiger partial charge in [0.2, 0.25) is 12.0 Å². The first-order valence-electron chi connectivity index (χ1n) is 25.5. The molecule has 2 aromatic heterocycles. The van der Waals surface area contributed by atoms with E-state index >= 15 is 0 Å². The van der Waals surface area contributed by atoms with Gasteiger partial charge >= 0.3 is 5.97 Å². The number of morpholine rings is 1. The van der Waals surface area contributed by atoms with Crippen LogP contribution in [0.1, 0.15) is 22.3 Å². The standard InChI is InChI=1S/C56H64Cl2FN5O11S/c1-35-47-36(2)51(58)52(50(35)57)74-44(29-63-16-14-62(3)15-17-63)33-72-42-12-13-45(73-31-37-6-5-7-41(26-37)64-18-19-71-43(30-64)32-70-25-24-69-23-22-68-21-20-67-4)39(27-42)28-46(56(65)66)75-54-49-48(47)53(76-55(49)61-34-60-54)38-8-10-40(59)11-9-38/h5-13,26-27,34,43-44,46H,14-25,28-33H2,1-4H3,(H,65,66)/t43-,44+,46+/m0/s1. The number of methoxy groups -OCH3 is 1. The van der Waals surface area contributed by atoms with Gasteiger partial charge in [-0.15, -0.1) is 11.3 Å². The minimum Gasteiger partial charge on any atom is -0.490 e. The van der Waals surface area contributed by atoms with Gasteiger partial charge in [-0.2, -0.15) is 0 Å². The molecule has 6 aromatic rings. The van der Waals surface area contributed by atoms with Crippen LogP contribution in [0.4, 0.5) is 10.1 Å². The molecule has 1 N–H and O–H groups in total. The van der Waals surface area contributed by atoms with Crippen LogP contribution in [0.5, 0.6) is 23.1 Å². The summed E-state index contributed by atoms with van der Waals surface area (Å²) in [7, 11) is 3.75. The van der Waals surface area contributed by atoms with Crippen LogP contribution < -0.4 is 23.8 Å². The zero-order valence-corrected chi connectivity index (χ0v) is 45.5. The van der Waals surface area contributed by atoms with Crippen LogP contribution in [0.2, 0.25) is 10.0 Å². The third-order valence-corrected chi connectivity index (χ3v) is 15.7. The number of nitrogens with zero attached hydrogens (tertiary/aromatic N) is 5. The first-order chi connectivity index (χ1) is 36.9. The lowest BCUT2D eigenvalue weighted by atomic mass is 9.92. The molecule has 10 rings (SSSR count). The maximum Gasteiger partial charge on any atom is 0.345 e. The number of carbonyl (C=O) groups is 1. The van der Waals surface area contributed by atoms with Gasteiger partial charge in [-0.3, -0.25) is 4.90 Å². The minimum absolute atomic E-state index is 0.0353. The Labute approximate surface area is 456 Å². The number of likely N-dealkylation sites (N-methyl/N-ethyl adjacent to an activating group) is 1. The van der Waals surface area contributed by atoms with E-state index in [4.69, 9.17) is 65.8 Å². The number of piperazine rings is 1. The summed E-state index contributed by atoms with van der Waals surface area (Å²) < 4.78 is 69.0. The van der Waals surface area contributed by atoms with E-state index in [0.29, 0.717) is 148 Å². The second-order valence-electron chi connectivity index (χ2n) is 19.0. The van der Waals surface area contributed by atoms with Crippen molar-refractivity contribution in [3.8, 4) is 44.7 Å². The molecule has 4 bridgehead atoms. The summed E-state index contributed by atoms with van der Waals surface area (Å²) in [6.07, 6.45) is -0.900. The molecule has 20 heteroatoms. The molecule has 6 heterocycles. The number of aliphatic carboxylic acids is 1. The third-order valence-electron chi connectivity index (χ3n) is 13.7. The van der Waals surface area contributed by atoms with Crippen LogP contribution in [0.3, 0.4) is 0 Å². The first kappa shape index (κ1) is 55.4. The van der Waals surface area contributed by atoms with E-state index in [0.717, 1.165) is 37.4 Å². The Balaban J connectivity index is 1.00. The number of carboxylic acids is 1. The number of halogens is 3. The van der Waals surface area contributed by atoms with Gasteiger partial charge in [0.1, 0.15) is 47.8 Å². The zero-order chi connectivity index (χ0) is 53.1. The van der Waals surface area contributed by atoms with Gasteiger partial charge < -0.3 is 57.5 Å². The molecular formula is C56H64Cl2FN5O11S. The highest BCUT2D eigenvalue weighted by molar-refractivity contribution is 7.22. The second kappa shape index (κ2) is 26.3. The fraction of sp³-hybridized carbons (Fsp3) is 0.446. The molecule has 4 aliphatic heterocycles. The number of fused-ring (bicyclic) bond motifs is 7. The van der Waals surface area contributed by atoms with Crippen LogP contribution >= 0.6 is 34.5 Å². The lowest BCUT2D eigenvalue weighted by Crippen LogP contribution is -2.49. The van der Waals surface area contributed by atoms with E-state index in [1.54, 1.807) is 37.4 Å². The molecule has 0 spiro atoms. The predicted octanol–water partition coefficient (Wildman–Crippen LogP) is 9.03. The van der Waals surface area contributed by atoms with Crippen molar-refractivity contribution in [1.82, 2.24) is 19.8 Å². The van der Waals surface area contributed by atoms with E-state index in [1.165, 1.54) is 29.8 Å². The molecule has 76 heavy (non-hydrogen) atoms. The highest BCUT2D eigenvalue weighted by Crippen LogP contribution is 2.53. The van der Waals surface area contributed by atoms with Crippen molar-refractivity contribution in [2.45, 2.75) is 45.2 Å². The SMILES string of the molecule is COCCOCCOCCOC[C@@H]1CN(c2cccc(COc3ccc4cc3C[C@H](C(=O)O)Oc3ncnc5sc(-c6ccc(F)cc6)c(c35)-c3c(C)c(Cl)c(c(Cl)c3C)O[C@H](CN3CCN(C)CC3)CO4)c2)CCO1. The van der Waals surface area contributed by atoms with E-state index in [-0.39, 0.29) is 31.6 Å². The highest BCUT2D eigenvalue weighted by Gasteiger charge is 2.32. The quantitative estimate of drug-likeness (QED) is 0.0766. The normalized spacial score (nSPS) is 18.5. The van der Waals surface area contributed by atoms with Crippen molar-refractivity contribution in [2.24, 2.45) is 0 Å². The van der Waals surface area contributed by atoms with E-state index in [9.17, 15) is 14.3 Å². The molecular weight excluding hydrogens is 1040 g/mol. The number of thiophene rings is 1. The Morgan fingerprint density at radius 1 is 0.855 bits per heavy atom. The largest absolute Gasteiger partial charge is 0.490 e. The molecule has 2 fully saturated rings. The van der Waals surface area contributed by atoms with Crippen LogP contribution in [0.15, 0.2) is 73.1 Å². The number of hydrogen-bond acceptors (Lipinski definition) is 16. The van der Waals surface area contributed by atoms with Gasteiger partial charge in [0.05, 0.1) is 74.4 Å². The lowest BCUT2D eigenvalue weighted by molar-refractivity contribution is -0.145. The van der Waals surface area contributed by atoms with Crippen LogP contribution in [0.25, 0.3) is 31.8 Å². The number of ether oxygens (including phenoxy) is 9. The number of carboxylic acid groups (broad SMARTS) is 1. The average Bonchev–Trinajstić information content (AvgIpc) is 3.84. The molecule has 16 nitrogen and oxygen atoms in total. The Bertz CT molecular complexity index is 2900. The summed E-state index contributed by atoms with van der Waals surface area (Å²) in [5, 5.41) is 12.0.